The molecule has 0 unspecified atom stereocenters. The Hall–Kier alpha value is -2.41. The van der Waals surface area contributed by atoms with Crippen LogP contribution in [0, 0.1) is 13.8 Å². The normalized spacial score (nSPS) is 10.6. The Morgan fingerprint density at radius 3 is 2.40 bits per heavy atom. The van der Waals surface area contributed by atoms with Crippen molar-refractivity contribution in [1.29, 1.82) is 0 Å². The summed E-state index contributed by atoms with van der Waals surface area (Å²) in [5.74, 6) is -0.969. The van der Waals surface area contributed by atoms with Gasteiger partial charge in [-0.15, -0.1) is 11.8 Å². The van der Waals surface area contributed by atoms with Crippen molar-refractivity contribution in [3.63, 3.8) is 0 Å². The SMILES string of the molecule is Cc1ccc(SCC(=O)NC(=O)c2ccc(OC(F)F)cc2)c(C)c1. The average molecular weight is 365 g/mol. The molecule has 25 heavy (non-hydrogen) atoms. The van der Waals surface area contributed by atoms with E-state index in [4.69, 9.17) is 0 Å². The number of amides is 2. The highest BCUT2D eigenvalue weighted by molar-refractivity contribution is 8.00. The van der Waals surface area contributed by atoms with Crippen LogP contribution in [0.4, 0.5) is 8.78 Å². The van der Waals surface area contributed by atoms with Gasteiger partial charge in [-0.25, -0.2) is 0 Å². The average Bonchev–Trinajstić information content (AvgIpc) is 2.54. The summed E-state index contributed by atoms with van der Waals surface area (Å²) < 4.78 is 28.4. The lowest BCUT2D eigenvalue weighted by Crippen LogP contribution is -2.31. The summed E-state index contributed by atoms with van der Waals surface area (Å²) >= 11 is 1.34. The zero-order valence-corrected chi connectivity index (χ0v) is 14.5. The molecule has 2 aromatic carbocycles. The molecule has 0 saturated carbocycles. The third-order valence-electron chi connectivity index (χ3n) is 3.28. The Labute approximate surface area is 148 Å². The first kappa shape index (κ1) is 18.9. The Morgan fingerprint density at radius 2 is 1.80 bits per heavy atom. The molecule has 2 rings (SSSR count). The maximum Gasteiger partial charge on any atom is 0.387 e. The summed E-state index contributed by atoms with van der Waals surface area (Å²) in [4.78, 5) is 24.9. The lowest BCUT2D eigenvalue weighted by atomic mass is 10.2. The number of thioether (sulfide) groups is 1. The van der Waals surface area contributed by atoms with Crippen LogP contribution in [0.25, 0.3) is 0 Å². The molecule has 0 heterocycles. The summed E-state index contributed by atoms with van der Waals surface area (Å²) in [5, 5.41) is 2.27. The molecule has 0 atom stereocenters. The maximum atomic E-state index is 12.1. The van der Waals surface area contributed by atoms with Gasteiger partial charge >= 0.3 is 6.61 Å². The van der Waals surface area contributed by atoms with Crippen molar-refractivity contribution in [2.75, 3.05) is 5.75 Å². The van der Waals surface area contributed by atoms with Crippen molar-refractivity contribution < 1.29 is 23.1 Å². The number of rotatable bonds is 6. The molecule has 2 aromatic rings. The second-order valence-corrected chi connectivity index (χ2v) is 6.35. The highest BCUT2D eigenvalue weighted by Crippen LogP contribution is 2.23. The third-order valence-corrected chi connectivity index (χ3v) is 4.46. The molecule has 0 spiro atoms. The summed E-state index contributed by atoms with van der Waals surface area (Å²) in [6.45, 7) is 1.02. The van der Waals surface area contributed by atoms with Gasteiger partial charge in [0.05, 0.1) is 5.75 Å². The number of benzene rings is 2. The molecule has 0 radical (unpaired) electrons. The Bertz CT molecular complexity index is 763. The molecule has 1 N–H and O–H groups in total. The van der Waals surface area contributed by atoms with Gasteiger partial charge in [-0.3, -0.25) is 14.9 Å². The fraction of sp³-hybridized carbons (Fsp3) is 0.222. The fourth-order valence-electron chi connectivity index (χ4n) is 2.13. The van der Waals surface area contributed by atoms with Crippen LogP contribution in [0.2, 0.25) is 0 Å². The first-order valence-corrected chi connectivity index (χ1v) is 8.43. The molecule has 0 aliphatic heterocycles. The van der Waals surface area contributed by atoms with Gasteiger partial charge < -0.3 is 4.74 Å². The Morgan fingerprint density at radius 1 is 1.12 bits per heavy atom. The zero-order valence-electron chi connectivity index (χ0n) is 13.7. The van der Waals surface area contributed by atoms with E-state index in [1.54, 1.807) is 0 Å². The van der Waals surface area contributed by atoms with Gasteiger partial charge in [-0.05, 0) is 49.7 Å². The van der Waals surface area contributed by atoms with Crippen molar-refractivity contribution >= 4 is 23.6 Å². The number of carbonyl (C=O) groups excluding carboxylic acids is 2. The fourth-order valence-corrected chi connectivity index (χ4v) is 2.94. The molecule has 0 saturated heterocycles. The summed E-state index contributed by atoms with van der Waals surface area (Å²) in [6, 6.07) is 11.0. The van der Waals surface area contributed by atoms with E-state index in [0.717, 1.165) is 16.0 Å². The van der Waals surface area contributed by atoms with E-state index >= 15 is 0 Å². The van der Waals surface area contributed by atoms with Crippen LogP contribution in [0.15, 0.2) is 47.4 Å². The number of imide groups is 1. The first-order valence-electron chi connectivity index (χ1n) is 7.44. The van der Waals surface area contributed by atoms with Crippen molar-refractivity contribution in [1.82, 2.24) is 5.32 Å². The number of ether oxygens (including phenoxy) is 1. The molecule has 0 fully saturated rings. The summed E-state index contributed by atoms with van der Waals surface area (Å²) in [7, 11) is 0. The number of carbonyl (C=O) groups is 2. The maximum absolute atomic E-state index is 12.1. The molecule has 0 aliphatic carbocycles. The summed E-state index contributed by atoms with van der Waals surface area (Å²) in [6.07, 6.45) is 0. The van der Waals surface area contributed by atoms with Crippen molar-refractivity contribution in [2.45, 2.75) is 25.4 Å². The predicted molar refractivity (Wildman–Crippen MR) is 92.2 cm³/mol. The quantitative estimate of drug-likeness (QED) is 0.788. The van der Waals surface area contributed by atoms with E-state index in [0.29, 0.717) is 0 Å². The van der Waals surface area contributed by atoms with Crippen LogP contribution in [0.3, 0.4) is 0 Å². The van der Waals surface area contributed by atoms with Gasteiger partial charge in [0, 0.05) is 10.5 Å². The van der Waals surface area contributed by atoms with E-state index in [-0.39, 0.29) is 17.1 Å². The van der Waals surface area contributed by atoms with Gasteiger partial charge in [-0.1, -0.05) is 17.7 Å². The van der Waals surface area contributed by atoms with E-state index < -0.39 is 18.4 Å². The van der Waals surface area contributed by atoms with Gasteiger partial charge in [0.15, 0.2) is 0 Å². The van der Waals surface area contributed by atoms with Crippen molar-refractivity contribution in [3.05, 3.63) is 59.2 Å². The number of nitrogens with one attached hydrogen (secondary N) is 1. The number of hydrogen-bond donors (Lipinski definition) is 1. The molecule has 132 valence electrons. The second-order valence-electron chi connectivity index (χ2n) is 5.34. The van der Waals surface area contributed by atoms with Crippen LogP contribution in [-0.2, 0) is 4.79 Å². The minimum Gasteiger partial charge on any atom is -0.435 e. The number of aryl methyl sites for hydroxylation is 2. The molecule has 0 bridgehead atoms. The number of hydrogen-bond acceptors (Lipinski definition) is 4. The smallest absolute Gasteiger partial charge is 0.387 e. The highest BCUT2D eigenvalue weighted by atomic mass is 32.2. The van der Waals surface area contributed by atoms with Crippen molar-refractivity contribution in [2.24, 2.45) is 0 Å². The molecule has 4 nitrogen and oxygen atoms in total. The Balaban J connectivity index is 1.88. The lowest BCUT2D eigenvalue weighted by Gasteiger charge is -2.08. The van der Waals surface area contributed by atoms with Crippen LogP contribution < -0.4 is 10.1 Å². The van der Waals surface area contributed by atoms with E-state index in [1.165, 1.54) is 36.0 Å². The molecular weight excluding hydrogens is 348 g/mol. The first-order chi connectivity index (χ1) is 11.8. The molecule has 0 aliphatic rings. The summed E-state index contributed by atoms with van der Waals surface area (Å²) in [5.41, 5.74) is 2.39. The zero-order chi connectivity index (χ0) is 18.4. The van der Waals surface area contributed by atoms with Crippen LogP contribution in [0.1, 0.15) is 21.5 Å². The van der Waals surface area contributed by atoms with E-state index in [2.05, 4.69) is 10.1 Å². The van der Waals surface area contributed by atoms with Gasteiger partial charge in [0.2, 0.25) is 5.91 Å². The molecular formula is C18H17F2NO3S. The van der Waals surface area contributed by atoms with Gasteiger partial charge in [0.25, 0.3) is 5.91 Å². The minimum atomic E-state index is -2.93. The van der Waals surface area contributed by atoms with E-state index in [9.17, 15) is 18.4 Å². The van der Waals surface area contributed by atoms with Gasteiger partial charge in [-0.2, -0.15) is 8.78 Å². The molecule has 0 aromatic heterocycles. The molecule has 7 heteroatoms. The van der Waals surface area contributed by atoms with E-state index in [1.807, 2.05) is 32.0 Å². The second kappa shape index (κ2) is 8.62. The topological polar surface area (TPSA) is 55.4 Å². The van der Waals surface area contributed by atoms with Crippen LogP contribution in [0.5, 0.6) is 5.75 Å². The van der Waals surface area contributed by atoms with Crippen LogP contribution >= 0.6 is 11.8 Å². The lowest BCUT2D eigenvalue weighted by molar-refractivity contribution is -0.117. The van der Waals surface area contributed by atoms with Crippen molar-refractivity contribution in [3.8, 4) is 5.75 Å². The highest BCUT2D eigenvalue weighted by Gasteiger charge is 2.12. The Kier molecular flexibility index (Phi) is 6.52. The number of halogens is 2. The minimum absolute atomic E-state index is 0.0525. The third kappa shape index (κ3) is 5.86. The van der Waals surface area contributed by atoms with Gasteiger partial charge in [0.1, 0.15) is 5.75 Å². The number of alkyl halides is 2. The predicted octanol–water partition coefficient (Wildman–Crippen LogP) is 3.95. The van der Waals surface area contributed by atoms with Crippen LogP contribution in [-0.4, -0.2) is 24.2 Å². The molecule has 2 amide bonds. The monoisotopic (exact) mass is 365 g/mol. The largest absolute Gasteiger partial charge is 0.435 e. The standard InChI is InChI=1S/C18H17F2NO3S/c1-11-3-8-15(12(2)9-11)25-10-16(22)21-17(23)13-4-6-14(7-5-13)24-18(19)20/h3-9,18H,10H2,1-2H3,(H,21,22,23).